The average molecular weight is 553 g/mol. The van der Waals surface area contributed by atoms with Gasteiger partial charge in [-0.3, -0.25) is 9.89 Å². The molecule has 0 saturated carbocycles. The van der Waals surface area contributed by atoms with Crippen LogP contribution in [0.2, 0.25) is 18.1 Å². The van der Waals surface area contributed by atoms with Gasteiger partial charge in [0.2, 0.25) is 5.43 Å². The molecule has 0 radical (unpaired) electrons. The predicted molar refractivity (Wildman–Crippen MR) is 156 cm³/mol. The highest BCUT2D eigenvalue weighted by molar-refractivity contribution is 6.74. The van der Waals surface area contributed by atoms with Crippen LogP contribution in [0.25, 0.3) is 5.52 Å². The van der Waals surface area contributed by atoms with E-state index in [-0.39, 0.29) is 35.0 Å². The number of rotatable bonds is 8. The summed E-state index contributed by atoms with van der Waals surface area (Å²) < 4.78 is 19.4. The maximum Gasteiger partial charge on any atom is 0.420 e. The van der Waals surface area contributed by atoms with Crippen LogP contribution in [0.1, 0.15) is 59.6 Å². The summed E-state index contributed by atoms with van der Waals surface area (Å²) in [6.45, 7) is 18.7. The molecule has 2 heterocycles. The van der Waals surface area contributed by atoms with Gasteiger partial charge in [-0.1, -0.05) is 20.8 Å². The van der Waals surface area contributed by atoms with E-state index >= 15 is 0 Å². The highest BCUT2D eigenvalue weighted by Gasteiger charge is 2.37. The Morgan fingerprint density at radius 1 is 1.10 bits per heavy atom. The molecule has 210 valence electrons. The predicted octanol–water partition coefficient (Wildman–Crippen LogP) is 6.54. The number of carbonyl (C=O) groups is 1. The molecule has 0 aliphatic carbocycles. The number of amides is 1. The zero-order valence-corrected chi connectivity index (χ0v) is 25.5. The van der Waals surface area contributed by atoms with Crippen LogP contribution >= 0.6 is 0 Å². The number of fused-ring (bicyclic) bond motifs is 1. The van der Waals surface area contributed by atoms with Crippen molar-refractivity contribution in [2.45, 2.75) is 78.6 Å². The standard InChI is InChI=1S/C29H40N4O5Si/c1-10-36-21-13-11-20(12-14-21)32(27(35)38-28(2,3)4)26-22(16-18-37-39(8,9)29(5,6)7)25(34)23(19-30)24-15-17-31-33(24)26/h11-15,17,31H,10,16,18H2,1-9H3. The van der Waals surface area contributed by atoms with Crippen LogP contribution in [0.3, 0.4) is 0 Å². The number of nitrogens with zero attached hydrogens (tertiary/aromatic N) is 3. The summed E-state index contributed by atoms with van der Waals surface area (Å²) in [5.41, 5.74) is -0.107. The SMILES string of the molecule is CCOc1ccc(N(C(=O)OC(C)(C)C)c2c(CCO[Si](C)(C)C(C)(C)C)c(=O)c(C#N)c3cc[nH]n23)cc1. The number of pyridine rings is 1. The second kappa shape index (κ2) is 11.3. The first-order chi connectivity index (χ1) is 18.1. The third kappa shape index (κ3) is 6.54. The van der Waals surface area contributed by atoms with Gasteiger partial charge in [-0.05, 0) is 76.2 Å². The number of ether oxygens (including phenoxy) is 2. The zero-order valence-electron chi connectivity index (χ0n) is 24.5. The topological polar surface area (TPSA) is 109 Å². The number of hydrogen-bond acceptors (Lipinski definition) is 6. The van der Waals surface area contributed by atoms with E-state index in [1.54, 1.807) is 61.8 Å². The Labute approximate surface area is 231 Å². The van der Waals surface area contributed by atoms with Crippen LogP contribution < -0.4 is 15.1 Å². The van der Waals surface area contributed by atoms with E-state index in [1.165, 1.54) is 4.90 Å². The second-order valence-electron chi connectivity index (χ2n) is 11.9. The van der Waals surface area contributed by atoms with E-state index in [4.69, 9.17) is 13.9 Å². The minimum absolute atomic E-state index is 0.00170. The van der Waals surface area contributed by atoms with Crippen molar-refractivity contribution in [2.24, 2.45) is 0 Å². The maximum atomic E-state index is 13.8. The number of carbonyl (C=O) groups excluding carboxylic acids is 1. The molecule has 1 N–H and O–H groups in total. The van der Waals surface area contributed by atoms with Crippen molar-refractivity contribution in [1.82, 2.24) is 9.61 Å². The molecule has 9 nitrogen and oxygen atoms in total. The number of H-pyrrole nitrogens is 1. The highest BCUT2D eigenvalue weighted by atomic mass is 28.4. The Hall–Kier alpha value is -3.55. The monoisotopic (exact) mass is 552 g/mol. The van der Waals surface area contributed by atoms with Crippen molar-refractivity contribution in [2.75, 3.05) is 18.1 Å². The van der Waals surface area contributed by atoms with Crippen molar-refractivity contribution >= 4 is 31.4 Å². The van der Waals surface area contributed by atoms with Crippen LogP contribution in [0.4, 0.5) is 16.3 Å². The summed E-state index contributed by atoms with van der Waals surface area (Å²) >= 11 is 0. The molecule has 1 aromatic carbocycles. The summed E-state index contributed by atoms with van der Waals surface area (Å²) in [7, 11) is -2.12. The fourth-order valence-electron chi connectivity index (χ4n) is 3.88. The van der Waals surface area contributed by atoms with Crippen LogP contribution in [-0.2, 0) is 15.6 Å². The van der Waals surface area contributed by atoms with Crippen molar-refractivity contribution in [3.8, 4) is 11.8 Å². The van der Waals surface area contributed by atoms with Crippen molar-refractivity contribution in [3.63, 3.8) is 0 Å². The molecule has 3 aromatic rings. The fourth-order valence-corrected chi connectivity index (χ4v) is 4.93. The highest BCUT2D eigenvalue weighted by Crippen LogP contribution is 2.37. The first kappa shape index (κ1) is 30.0. The Bertz CT molecular complexity index is 1420. The molecule has 0 spiro atoms. The van der Waals surface area contributed by atoms with E-state index < -0.39 is 25.4 Å². The summed E-state index contributed by atoms with van der Waals surface area (Å²) in [4.78, 5) is 28.9. The summed E-state index contributed by atoms with van der Waals surface area (Å²) in [6, 6.07) is 10.7. The maximum absolute atomic E-state index is 13.8. The van der Waals surface area contributed by atoms with Gasteiger partial charge in [0.05, 0.1) is 17.8 Å². The lowest BCUT2D eigenvalue weighted by molar-refractivity contribution is 0.0597. The van der Waals surface area contributed by atoms with Gasteiger partial charge < -0.3 is 13.9 Å². The third-order valence-corrected chi connectivity index (χ3v) is 11.4. The van der Waals surface area contributed by atoms with Gasteiger partial charge in [0.15, 0.2) is 8.32 Å². The van der Waals surface area contributed by atoms with Crippen molar-refractivity contribution in [3.05, 3.63) is 57.9 Å². The van der Waals surface area contributed by atoms with E-state index in [2.05, 4.69) is 45.0 Å². The molecule has 2 aromatic heterocycles. The third-order valence-electron chi connectivity index (χ3n) is 6.85. The molecule has 0 fully saturated rings. The molecule has 0 aliphatic rings. The van der Waals surface area contributed by atoms with Gasteiger partial charge in [-0.2, -0.15) is 5.26 Å². The quantitative estimate of drug-likeness (QED) is 0.318. The first-order valence-electron chi connectivity index (χ1n) is 13.2. The zero-order chi connectivity index (χ0) is 29.2. The average Bonchev–Trinajstić information content (AvgIpc) is 3.29. The molecule has 39 heavy (non-hydrogen) atoms. The molecule has 0 bridgehead atoms. The van der Waals surface area contributed by atoms with E-state index in [9.17, 15) is 14.9 Å². The molecule has 10 heteroatoms. The van der Waals surface area contributed by atoms with Crippen LogP contribution in [0, 0.1) is 11.3 Å². The van der Waals surface area contributed by atoms with Crippen LogP contribution in [0.15, 0.2) is 41.3 Å². The summed E-state index contributed by atoms with van der Waals surface area (Å²) in [5.74, 6) is 0.923. The lowest BCUT2D eigenvalue weighted by atomic mass is 10.1. The van der Waals surface area contributed by atoms with Gasteiger partial charge in [0.25, 0.3) is 0 Å². The van der Waals surface area contributed by atoms with Gasteiger partial charge in [0.1, 0.15) is 28.8 Å². The molecule has 0 atom stereocenters. The largest absolute Gasteiger partial charge is 0.494 e. The van der Waals surface area contributed by atoms with E-state index in [0.29, 0.717) is 23.6 Å². The van der Waals surface area contributed by atoms with Gasteiger partial charge >= 0.3 is 6.09 Å². The first-order valence-corrected chi connectivity index (χ1v) is 16.1. The summed E-state index contributed by atoms with van der Waals surface area (Å²) in [5, 5.41) is 13.0. The number of nitrogens with one attached hydrogen (secondary N) is 1. The Morgan fingerprint density at radius 3 is 2.28 bits per heavy atom. The minimum atomic E-state index is -2.12. The minimum Gasteiger partial charge on any atom is -0.494 e. The molecular weight excluding hydrogens is 512 g/mol. The Kier molecular flexibility index (Phi) is 8.68. The van der Waals surface area contributed by atoms with E-state index in [1.807, 2.05) is 6.92 Å². The number of aromatic amines is 1. The second-order valence-corrected chi connectivity index (χ2v) is 16.7. The molecule has 0 unspecified atom stereocenters. The van der Waals surface area contributed by atoms with Crippen LogP contribution in [0.5, 0.6) is 5.75 Å². The van der Waals surface area contributed by atoms with Crippen molar-refractivity contribution in [1.29, 1.82) is 5.26 Å². The summed E-state index contributed by atoms with van der Waals surface area (Å²) in [6.07, 6.45) is 1.17. The Balaban J connectivity index is 2.25. The number of benzene rings is 1. The fraction of sp³-hybridized carbons (Fsp3) is 0.483. The van der Waals surface area contributed by atoms with Crippen LogP contribution in [-0.4, -0.2) is 42.8 Å². The van der Waals surface area contributed by atoms with Gasteiger partial charge in [0, 0.05) is 24.8 Å². The number of anilines is 2. The number of aromatic nitrogens is 2. The molecule has 1 amide bonds. The molecular formula is C29H40N4O5Si. The number of nitriles is 1. The number of hydrogen-bond donors (Lipinski definition) is 1. The van der Waals surface area contributed by atoms with E-state index in [0.717, 1.165) is 0 Å². The lowest BCUT2D eigenvalue weighted by Gasteiger charge is -2.36. The molecule has 0 aliphatic heterocycles. The van der Waals surface area contributed by atoms with Gasteiger partial charge in [-0.25, -0.2) is 14.2 Å². The molecule has 0 saturated heterocycles. The van der Waals surface area contributed by atoms with Crippen molar-refractivity contribution < 1.29 is 18.7 Å². The normalized spacial score (nSPS) is 12.3. The van der Waals surface area contributed by atoms with Gasteiger partial charge in [-0.15, -0.1) is 0 Å². The molecule has 3 rings (SSSR count). The smallest absolute Gasteiger partial charge is 0.420 e. The lowest BCUT2D eigenvalue weighted by Crippen LogP contribution is -2.41. The Morgan fingerprint density at radius 2 is 1.74 bits per heavy atom.